The molecule has 1 N–H and O–H groups in total. The van der Waals surface area contributed by atoms with Gasteiger partial charge in [0.25, 0.3) is 0 Å². The van der Waals surface area contributed by atoms with E-state index in [1.807, 2.05) is 7.05 Å². The highest BCUT2D eigenvalue weighted by molar-refractivity contribution is 4.72. The minimum Gasteiger partial charge on any atom is -0.379 e. The molecule has 0 unspecified atom stereocenters. The van der Waals surface area contributed by atoms with Gasteiger partial charge in [0.1, 0.15) is 0 Å². The van der Waals surface area contributed by atoms with E-state index in [4.69, 9.17) is 4.74 Å². The van der Waals surface area contributed by atoms with Crippen LogP contribution in [0.5, 0.6) is 0 Å². The lowest BCUT2D eigenvalue weighted by molar-refractivity contribution is 0.00413. The van der Waals surface area contributed by atoms with Gasteiger partial charge in [-0.25, -0.2) is 0 Å². The van der Waals surface area contributed by atoms with E-state index >= 15 is 0 Å². The molecule has 0 aliphatic rings. The largest absolute Gasteiger partial charge is 0.379 e. The van der Waals surface area contributed by atoms with E-state index < -0.39 is 0 Å². The lowest BCUT2D eigenvalue weighted by Crippen LogP contribution is -2.29. The third kappa shape index (κ3) is 5.22. The molecule has 0 amide bonds. The van der Waals surface area contributed by atoms with Gasteiger partial charge in [0, 0.05) is 7.11 Å². The van der Waals surface area contributed by atoms with Gasteiger partial charge in [-0.2, -0.15) is 0 Å². The van der Waals surface area contributed by atoms with Crippen molar-refractivity contribution in [2.24, 2.45) is 5.92 Å². The van der Waals surface area contributed by atoms with E-state index in [1.54, 1.807) is 7.11 Å². The third-order valence-electron chi connectivity index (χ3n) is 1.95. The molecule has 0 heterocycles. The van der Waals surface area contributed by atoms with E-state index in [1.165, 1.54) is 0 Å². The van der Waals surface area contributed by atoms with Gasteiger partial charge in [0.15, 0.2) is 0 Å². The minimum atomic E-state index is 0.0241. The molecule has 0 aliphatic heterocycles. The summed E-state index contributed by atoms with van der Waals surface area (Å²) < 4.78 is 5.33. The zero-order valence-electron chi connectivity index (χ0n) is 8.40. The molecule has 0 radical (unpaired) electrons. The van der Waals surface area contributed by atoms with E-state index in [-0.39, 0.29) is 5.60 Å². The van der Waals surface area contributed by atoms with Crippen molar-refractivity contribution < 1.29 is 4.74 Å². The van der Waals surface area contributed by atoms with E-state index in [0.717, 1.165) is 13.0 Å². The highest BCUT2D eigenvalue weighted by Crippen LogP contribution is 2.18. The predicted molar refractivity (Wildman–Crippen MR) is 48.8 cm³/mol. The molecule has 11 heavy (non-hydrogen) atoms. The van der Waals surface area contributed by atoms with Crippen molar-refractivity contribution in [1.82, 2.24) is 5.32 Å². The summed E-state index contributed by atoms with van der Waals surface area (Å²) >= 11 is 0. The van der Waals surface area contributed by atoms with Crippen molar-refractivity contribution in [1.29, 1.82) is 0 Å². The van der Waals surface area contributed by atoms with Gasteiger partial charge in [-0.05, 0) is 39.8 Å². The smallest absolute Gasteiger partial charge is 0.0625 e. The second kappa shape index (κ2) is 4.73. The molecule has 1 atom stereocenters. The highest BCUT2D eigenvalue weighted by Gasteiger charge is 2.19. The maximum atomic E-state index is 5.33. The number of methoxy groups -OCH3 is 1. The fourth-order valence-electron chi connectivity index (χ4n) is 1.34. The van der Waals surface area contributed by atoms with Crippen LogP contribution in [0.25, 0.3) is 0 Å². The molecule has 0 aromatic rings. The van der Waals surface area contributed by atoms with Crippen LogP contribution in [-0.2, 0) is 4.74 Å². The highest BCUT2D eigenvalue weighted by atomic mass is 16.5. The van der Waals surface area contributed by atoms with Crippen LogP contribution in [0, 0.1) is 5.92 Å². The molecule has 0 aromatic carbocycles. The van der Waals surface area contributed by atoms with Crippen LogP contribution in [0.1, 0.15) is 27.2 Å². The van der Waals surface area contributed by atoms with Gasteiger partial charge in [-0.15, -0.1) is 0 Å². The monoisotopic (exact) mass is 159 g/mol. The topological polar surface area (TPSA) is 21.3 Å². The molecular weight excluding hydrogens is 138 g/mol. The van der Waals surface area contributed by atoms with Gasteiger partial charge in [-0.3, -0.25) is 0 Å². The van der Waals surface area contributed by atoms with E-state index in [9.17, 15) is 0 Å². The summed E-state index contributed by atoms with van der Waals surface area (Å²) in [4.78, 5) is 0. The number of hydrogen-bond acceptors (Lipinski definition) is 2. The predicted octanol–water partition coefficient (Wildman–Crippen LogP) is 1.66. The first-order chi connectivity index (χ1) is 5.02. The van der Waals surface area contributed by atoms with Gasteiger partial charge in [-0.1, -0.05) is 6.92 Å². The van der Waals surface area contributed by atoms with Crippen LogP contribution < -0.4 is 5.32 Å². The SMILES string of the molecule is CNC[C@@H](C)CC(C)(C)OC. The molecule has 2 heteroatoms. The van der Waals surface area contributed by atoms with Crippen LogP contribution in [-0.4, -0.2) is 26.3 Å². The molecule has 68 valence electrons. The second-order valence-electron chi connectivity index (χ2n) is 3.83. The lowest BCUT2D eigenvalue weighted by atomic mass is 9.95. The lowest BCUT2D eigenvalue weighted by Gasteiger charge is -2.26. The fraction of sp³-hybridized carbons (Fsp3) is 1.00. The maximum Gasteiger partial charge on any atom is 0.0625 e. The molecule has 0 bridgehead atoms. The molecule has 2 nitrogen and oxygen atoms in total. The molecule has 0 saturated heterocycles. The normalized spacial score (nSPS) is 15.0. The van der Waals surface area contributed by atoms with E-state index in [2.05, 4.69) is 26.1 Å². The van der Waals surface area contributed by atoms with Crippen LogP contribution in [0.4, 0.5) is 0 Å². The van der Waals surface area contributed by atoms with Crippen molar-refractivity contribution in [2.45, 2.75) is 32.8 Å². The van der Waals surface area contributed by atoms with Crippen LogP contribution in [0.2, 0.25) is 0 Å². The Morgan fingerprint density at radius 1 is 1.45 bits per heavy atom. The maximum absolute atomic E-state index is 5.33. The summed E-state index contributed by atoms with van der Waals surface area (Å²) in [6.07, 6.45) is 1.10. The summed E-state index contributed by atoms with van der Waals surface area (Å²) in [5, 5.41) is 3.16. The number of hydrogen-bond donors (Lipinski definition) is 1. The van der Waals surface area contributed by atoms with Crippen molar-refractivity contribution >= 4 is 0 Å². The van der Waals surface area contributed by atoms with Crippen LogP contribution in [0.3, 0.4) is 0 Å². The van der Waals surface area contributed by atoms with Crippen LogP contribution in [0.15, 0.2) is 0 Å². The van der Waals surface area contributed by atoms with Crippen molar-refractivity contribution in [3.05, 3.63) is 0 Å². The quantitative estimate of drug-likeness (QED) is 0.658. The number of nitrogens with one attached hydrogen (secondary N) is 1. The number of rotatable bonds is 5. The first-order valence-electron chi connectivity index (χ1n) is 4.21. The standard InChI is InChI=1S/C9H21NO/c1-8(7-10-4)6-9(2,3)11-5/h8,10H,6-7H2,1-5H3/t8-/m0/s1. The molecular formula is C9H21NO. The van der Waals surface area contributed by atoms with Crippen molar-refractivity contribution in [2.75, 3.05) is 20.7 Å². The second-order valence-corrected chi connectivity index (χ2v) is 3.83. The van der Waals surface area contributed by atoms with E-state index in [0.29, 0.717) is 5.92 Å². The zero-order valence-corrected chi connectivity index (χ0v) is 8.40. The Kier molecular flexibility index (Phi) is 4.69. The number of ether oxygens (including phenoxy) is 1. The molecule has 0 fully saturated rings. The molecule has 0 rings (SSSR count). The molecule has 0 saturated carbocycles. The summed E-state index contributed by atoms with van der Waals surface area (Å²) in [6.45, 7) is 7.54. The average molecular weight is 159 g/mol. The van der Waals surface area contributed by atoms with Gasteiger partial charge < -0.3 is 10.1 Å². The Balaban J connectivity index is 3.64. The first kappa shape index (κ1) is 10.9. The molecule has 0 aromatic heterocycles. The van der Waals surface area contributed by atoms with Gasteiger partial charge in [0.05, 0.1) is 5.60 Å². The van der Waals surface area contributed by atoms with Crippen molar-refractivity contribution in [3.8, 4) is 0 Å². The van der Waals surface area contributed by atoms with Crippen molar-refractivity contribution in [3.63, 3.8) is 0 Å². The minimum absolute atomic E-state index is 0.0241. The fourth-order valence-corrected chi connectivity index (χ4v) is 1.34. The van der Waals surface area contributed by atoms with Crippen LogP contribution >= 0.6 is 0 Å². The Hall–Kier alpha value is -0.0800. The Labute approximate surface area is 70.3 Å². The Morgan fingerprint density at radius 2 is 2.00 bits per heavy atom. The average Bonchev–Trinajstić information content (AvgIpc) is 1.87. The zero-order chi connectivity index (χ0) is 8.91. The summed E-state index contributed by atoms with van der Waals surface area (Å²) in [7, 11) is 3.75. The summed E-state index contributed by atoms with van der Waals surface area (Å²) in [5.74, 6) is 0.676. The third-order valence-corrected chi connectivity index (χ3v) is 1.95. The van der Waals surface area contributed by atoms with Gasteiger partial charge >= 0.3 is 0 Å². The first-order valence-corrected chi connectivity index (χ1v) is 4.21. The Morgan fingerprint density at radius 3 is 2.36 bits per heavy atom. The summed E-state index contributed by atoms with van der Waals surface area (Å²) in [5.41, 5.74) is 0.0241. The molecule has 0 aliphatic carbocycles. The van der Waals surface area contributed by atoms with Gasteiger partial charge in [0.2, 0.25) is 0 Å². The summed E-state index contributed by atoms with van der Waals surface area (Å²) in [6, 6.07) is 0. The Bertz CT molecular complexity index is 102. The molecule has 0 spiro atoms.